The first-order chi connectivity index (χ1) is 8.24. The van der Waals surface area contributed by atoms with Crippen LogP contribution in [0.2, 0.25) is 0 Å². The van der Waals surface area contributed by atoms with Gasteiger partial charge in [-0.3, -0.25) is 0 Å². The van der Waals surface area contributed by atoms with Gasteiger partial charge < -0.3 is 19.3 Å². The van der Waals surface area contributed by atoms with Crippen molar-refractivity contribution in [2.45, 2.75) is 32.8 Å². The molecule has 0 radical (unpaired) electrons. The Bertz CT molecular complexity index is 389. The Morgan fingerprint density at radius 1 is 1.29 bits per heavy atom. The molecule has 0 fully saturated rings. The van der Waals surface area contributed by atoms with E-state index in [1.165, 1.54) is 0 Å². The molecule has 0 saturated carbocycles. The zero-order valence-corrected chi connectivity index (χ0v) is 10.2. The molecule has 1 N–H and O–H groups in total. The summed E-state index contributed by atoms with van der Waals surface area (Å²) in [5.74, 6) is 2.25. The van der Waals surface area contributed by atoms with Crippen molar-refractivity contribution >= 4 is 0 Å². The van der Waals surface area contributed by atoms with E-state index in [0.29, 0.717) is 18.8 Å². The molecule has 1 aliphatic rings. The van der Waals surface area contributed by atoms with Crippen molar-refractivity contribution in [1.29, 1.82) is 0 Å². The number of rotatable bonds is 5. The van der Waals surface area contributed by atoms with Gasteiger partial charge >= 0.3 is 0 Å². The van der Waals surface area contributed by atoms with Gasteiger partial charge in [0, 0.05) is 6.07 Å². The van der Waals surface area contributed by atoms with E-state index in [2.05, 4.69) is 6.92 Å². The third-order valence-electron chi connectivity index (χ3n) is 2.84. The van der Waals surface area contributed by atoms with Gasteiger partial charge in [0.05, 0.1) is 6.10 Å². The van der Waals surface area contributed by atoms with Gasteiger partial charge in [0.1, 0.15) is 12.4 Å². The number of hydrogen-bond donors (Lipinski definition) is 1. The molecule has 1 aliphatic heterocycles. The maximum absolute atomic E-state index is 9.50. The SMILES string of the molecule is CCc1cc2c(cc1OC[C@H](O)CC)OCO2. The lowest BCUT2D eigenvalue weighted by Gasteiger charge is -2.14. The van der Waals surface area contributed by atoms with Crippen LogP contribution in [0.15, 0.2) is 12.1 Å². The van der Waals surface area contributed by atoms with Gasteiger partial charge in [-0.05, 0) is 24.5 Å². The molecule has 0 unspecified atom stereocenters. The summed E-state index contributed by atoms with van der Waals surface area (Å²) in [4.78, 5) is 0. The Kier molecular flexibility index (Phi) is 3.74. The van der Waals surface area contributed by atoms with E-state index in [9.17, 15) is 5.11 Å². The van der Waals surface area contributed by atoms with Crippen LogP contribution in [-0.4, -0.2) is 24.6 Å². The molecule has 0 aromatic heterocycles. The lowest BCUT2D eigenvalue weighted by atomic mass is 10.1. The molecule has 1 aromatic carbocycles. The van der Waals surface area contributed by atoms with Gasteiger partial charge in [0.15, 0.2) is 11.5 Å². The fourth-order valence-corrected chi connectivity index (χ4v) is 1.68. The summed E-state index contributed by atoms with van der Waals surface area (Å²) in [5, 5.41) is 9.50. The van der Waals surface area contributed by atoms with Crippen LogP contribution < -0.4 is 14.2 Å². The highest BCUT2D eigenvalue weighted by Gasteiger charge is 2.17. The van der Waals surface area contributed by atoms with E-state index in [-0.39, 0.29) is 6.79 Å². The molecule has 0 aliphatic carbocycles. The number of aliphatic hydroxyl groups excluding tert-OH is 1. The van der Waals surface area contributed by atoms with Crippen molar-refractivity contribution in [2.75, 3.05) is 13.4 Å². The van der Waals surface area contributed by atoms with E-state index in [1.54, 1.807) is 0 Å². The van der Waals surface area contributed by atoms with Crippen LogP contribution >= 0.6 is 0 Å². The zero-order valence-electron chi connectivity index (χ0n) is 10.2. The summed E-state index contributed by atoms with van der Waals surface area (Å²) in [7, 11) is 0. The standard InChI is InChI=1S/C13H18O4/c1-3-9-5-12-13(17-8-16-12)6-11(9)15-7-10(14)4-2/h5-6,10,14H,3-4,7-8H2,1-2H3/t10-/m1/s1. The van der Waals surface area contributed by atoms with Gasteiger partial charge in [0.2, 0.25) is 6.79 Å². The molecule has 94 valence electrons. The van der Waals surface area contributed by atoms with Gasteiger partial charge in [-0.2, -0.15) is 0 Å². The molecule has 1 aromatic rings. The molecule has 4 heteroatoms. The molecule has 1 heterocycles. The van der Waals surface area contributed by atoms with Crippen LogP contribution in [0.25, 0.3) is 0 Å². The summed E-state index contributed by atoms with van der Waals surface area (Å²) < 4.78 is 16.2. The summed E-state index contributed by atoms with van der Waals surface area (Å²) in [6.07, 6.45) is 1.12. The third kappa shape index (κ3) is 2.64. The predicted octanol–water partition coefficient (Wildman–Crippen LogP) is 2.13. The van der Waals surface area contributed by atoms with Crippen LogP contribution in [0, 0.1) is 0 Å². The van der Waals surface area contributed by atoms with E-state index < -0.39 is 6.10 Å². The fourth-order valence-electron chi connectivity index (χ4n) is 1.68. The average molecular weight is 238 g/mol. The summed E-state index contributed by atoms with van der Waals surface area (Å²) in [6, 6.07) is 3.78. The molecule has 0 bridgehead atoms. The quantitative estimate of drug-likeness (QED) is 0.853. The molecule has 17 heavy (non-hydrogen) atoms. The monoisotopic (exact) mass is 238 g/mol. The second-order valence-electron chi connectivity index (χ2n) is 4.04. The lowest BCUT2D eigenvalue weighted by Crippen LogP contribution is -2.16. The highest BCUT2D eigenvalue weighted by Crippen LogP contribution is 2.38. The Morgan fingerprint density at radius 3 is 2.65 bits per heavy atom. The van der Waals surface area contributed by atoms with E-state index in [0.717, 1.165) is 23.5 Å². The molecule has 0 spiro atoms. The predicted molar refractivity (Wildman–Crippen MR) is 63.7 cm³/mol. The van der Waals surface area contributed by atoms with Crippen LogP contribution in [0.3, 0.4) is 0 Å². The fraction of sp³-hybridized carbons (Fsp3) is 0.538. The normalized spacial score (nSPS) is 14.8. The summed E-state index contributed by atoms with van der Waals surface area (Å²) >= 11 is 0. The minimum Gasteiger partial charge on any atom is -0.490 e. The third-order valence-corrected chi connectivity index (χ3v) is 2.84. The number of ether oxygens (including phenoxy) is 3. The van der Waals surface area contributed by atoms with Crippen molar-refractivity contribution in [3.63, 3.8) is 0 Å². The second kappa shape index (κ2) is 5.27. The largest absolute Gasteiger partial charge is 0.490 e. The topological polar surface area (TPSA) is 47.9 Å². The van der Waals surface area contributed by atoms with Crippen molar-refractivity contribution in [1.82, 2.24) is 0 Å². The van der Waals surface area contributed by atoms with Gasteiger partial charge in [-0.1, -0.05) is 13.8 Å². The Morgan fingerprint density at radius 2 is 2.00 bits per heavy atom. The maximum Gasteiger partial charge on any atom is 0.231 e. The van der Waals surface area contributed by atoms with Gasteiger partial charge in [-0.15, -0.1) is 0 Å². The van der Waals surface area contributed by atoms with Crippen LogP contribution in [-0.2, 0) is 6.42 Å². The first-order valence-corrected chi connectivity index (χ1v) is 5.98. The minimum absolute atomic E-state index is 0.263. The first kappa shape index (κ1) is 12.0. The highest BCUT2D eigenvalue weighted by atomic mass is 16.7. The van der Waals surface area contributed by atoms with E-state index in [4.69, 9.17) is 14.2 Å². The molecular formula is C13H18O4. The summed E-state index contributed by atoms with van der Waals surface area (Å²) in [5.41, 5.74) is 1.07. The molecule has 4 nitrogen and oxygen atoms in total. The number of benzene rings is 1. The van der Waals surface area contributed by atoms with Crippen LogP contribution in [0.4, 0.5) is 0 Å². The number of aliphatic hydroxyl groups is 1. The average Bonchev–Trinajstić information content (AvgIpc) is 2.81. The summed E-state index contributed by atoms with van der Waals surface area (Å²) in [6.45, 7) is 4.55. The first-order valence-electron chi connectivity index (χ1n) is 5.98. The van der Waals surface area contributed by atoms with E-state index in [1.807, 2.05) is 19.1 Å². The molecule has 1 atom stereocenters. The smallest absolute Gasteiger partial charge is 0.231 e. The Hall–Kier alpha value is -1.42. The number of aryl methyl sites for hydroxylation is 1. The van der Waals surface area contributed by atoms with Crippen molar-refractivity contribution < 1.29 is 19.3 Å². The van der Waals surface area contributed by atoms with E-state index >= 15 is 0 Å². The Labute approximate surface area is 101 Å². The molecule has 0 saturated heterocycles. The van der Waals surface area contributed by atoms with Crippen LogP contribution in [0.1, 0.15) is 25.8 Å². The van der Waals surface area contributed by atoms with Crippen molar-refractivity contribution in [2.24, 2.45) is 0 Å². The van der Waals surface area contributed by atoms with Gasteiger partial charge in [0.25, 0.3) is 0 Å². The molecular weight excluding hydrogens is 220 g/mol. The molecule has 0 amide bonds. The Balaban J connectivity index is 2.15. The molecule has 2 rings (SSSR count). The minimum atomic E-state index is -0.426. The highest BCUT2D eigenvalue weighted by molar-refractivity contribution is 5.51. The second-order valence-corrected chi connectivity index (χ2v) is 4.04. The maximum atomic E-state index is 9.50. The number of hydrogen-bond acceptors (Lipinski definition) is 4. The van der Waals surface area contributed by atoms with Crippen molar-refractivity contribution in [3.8, 4) is 17.2 Å². The number of fused-ring (bicyclic) bond motifs is 1. The zero-order chi connectivity index (χ0) is 12.3. The van der Waals surface area contributed by atoms with Crippen molar-refractivity contribution in [3.05, 3.63) is 17.7 Å². The van der Waals surface area contributed by atoms with Gasteiger partial charge in [-0.25, -0.2) is 0 Å². The van der Waals surface area contributed by atoms with Crippen LogP contribution in [0.5, 0.6) is 17.2 Å². The lowest BCUT2D eigenvalue weighted by molar-refractivity contribution is 0.104.